The van der Waals surface area contributed by atoms with Crippen molar-refractivity contribution in [2.75, 3.05) is 6.54 Å². The van der Waals surface area contributed by atoms with Crippen LogP contribution in [-0.4, -0.2) is 29.2 Å². The van der Waals surface area contributed by atoms with E-state index in [4.69, 9.17) is 5.26 Å². The number of hydrogen-bond donors (Lipinski definition) is 0. The number of carbonyl (C=O) groups excluding carboxylic acids is 2. The minimum absolute atomic E-state index is 0.210. The van der Waals surface area contributed by atoms with E-state index in [1.54, 1.807) is 0 Å². The molecule has 0 saturated carbocycles. The van der Waals surface area contributed by atoms with Crippen molar-refractivity contribution in [3.8, 4) is 6.07 Å². The molecule has 2 aromatic rings. The van der Waals surface area contributed by atoms with Gasteiger partial charge in [0.15, 0.2) is 0 Å². The number of ketones is 1. The van der Waals surface area contributed by atoms with Crippen LogP contribution in [-0.2, 0) is 16.0 Å². The highest BCUT2D eigenvalue weighted by molar-refractivity contribution is 5.86. The van der Waals surface area contributed by atoms with Crippen LogP contribution in [0, 0.1) is 11.3 Å². The van der Waals surface area contributed by atoms with Crippen LogP contribution in [0.2, 0.25) is 0 Å². The van der Waals surface area contributed by atoms with E-state index in [1.165, 1.54) is 10.8 Å². The van der Waals surface area contributed by atoms with Gasteiger partial charge in [0.2, 0.25) is 5.91 Å². The standard InChI is InChI=1S/C25H30N2O2/c26-16-6-2-1-3-7-17-27-23(13-15-25(27)29)12-14-24(28)19-20-10-11-21-8-4-5-9-22(21)18-20/h4-5,8-11,18,23H,1-3,6-7,12-15,17,19H2/t23-/m0/s1. The van der Waals surface area contributed by atoms with E-state index in [0.717, 1.165) is 50.6 Å². The molecular formula is C25H30N2O2. The minimum Gasteiger partial charge on any atom is -0.340 e. The van der Waals surface area contributed by atoms with Crippen LogP contribution < -0.4 is 0 Å². The lowest BCUT2D eigenvalue weighted by Crippen LogP contribution is -2.34. The van der Waals surface area contributed by atoms with Gasteiger partial charge >= 0.3 is 0 Å². The zero-order valence-corrected chi connectivity index (χ0v) is 17.1. The molecule has 3 rings (SSSR count). The Bertz CT molecular complexity index is 884. The summed E-state index contributed by atoms with van der Waals surface area (Å²) >= 11 is 0. The van der Waals surface area contributed by atoms with Gasteiger partial charge in [-0.05, 0) is 42.0 Å². The van der Waals surface area contributed by atoms with Gasteiger partial charge in [0, 0.05) is 38.3 Å². The molecule has 152 valence electrons. The summed E-state index contributed by atoms with van der Waals surface area (Å²) in [4.78, 5) is 26.7. The van der Waals surface area contributed by atoms with Crippen LogP contribution >= 0.6 is 0 Å². The second kappa shape index (κ2) is 10.8. The van der Waals surface area contributed by atoms with Crippen molar-refractivity contribution in [2.45, 2.75) is 70.3 Å². The number of amides is 1. The van der Waals surface area contributed by atoms with Gasteiger partial charge in [-0.25, -0.2) is 0 Å². The number of Topliss-reactive ketones (excluding diaryl/α,β-unsaturated/α-hetero) is 1. The Balaban J connectivity index is 1.44. The second-order valence-corrected chi connectivity index (χ2v) is 8.04. The van der Waals surface area contributed by atoms with Crippen molar-refractivity contribution in [1.29, 1.82) is 5.26 Å². The lowest BCUT2D eigenvalue weighted by Gasteiger charge is -2.24. The number of nitrogens with zero attached hydrogens (tertiary/aromatic N) is 2. The Morgan fingerprint density at radius 3 is 2.69 bits per heavy atom. The number of likely N-dealkylation sites (tertiary alicyclic amines) is 1. The van der Waals surface area contributed by atoms with Crippen molar-refractivity contribution in [2.24, 2.45) is 0 Å². The first kappa shape index (κ1) is 21.0. The molecule has 1 saturated heterocycles. The quantitative estimate of drug-likeness (QED) is 0.496. The molecule has 0 aromatic heterocycles. The van der Waals surface area contributed by atoms with Crippen LogP contribution in [0.5, 0.6) is 0 Å². The molecule has 0 unspecified atom stereocenters. The molecule has 4 heteroatoms. The molecule has 4 nitrogen and oxygen atoms in total. The van der Waals surface area contributed by atoms with Crippen molar-refractivity contribution in [3.63, 3.8) is 0 Å². The first-order valence-electron chi connectivity index (χ1n) is 10.8. The molecule has 0 radical (unpaired) electrons. The Morgan fingerprint density at radius 1 is 1.07 bits per heavy atom. The molecule has 0 spiro atoms. The number of fused-ring (bicyclic) bond motifs is 1. The molecular weight excluding hydrogens is 360 g/mol. The maximum absolute atomic E-state index is 12.5. The van der Waals surface area contributed by atoms with E-state index in [9.17, 15) is 9.59 Å². The Morgan fingerprint density at radius 2 is 1.86 bits per heavy atom. The van der Waals surface area contributed by atoms with Crippen molar-refractivity contribution in [1.82, 2.24) is 4.90 Å². The lowest BCUT2D eigenvalue weighted by atomic mass is 9.99. The molecule has 0 aliphatic carbocycles. The summed E-state index contributed by atoms with van der Waals surface area (Å²) < 4.78 is 0. The van der Waals surface area contributed by atoms with Gasteiger partial charge in [0.05, 0.1) is 6.07 Å². The van der Waals surface area contributed by atoms with E-state index in [1.807, 2.05) is 23.1 Å². The number of rotatable bonds is 11. The van der Waals surface area contributed by atoms with E-state index >= 15 is 0 Å². The van der Waals surface area contributed by atoms with Gasteiger partial charge in [-0.2, -0.15) is 5.26 Å². The van der Waals surface area contributed by atoms with Gasteiger partial charge in [0.1, 0.15) is 5.78 Å². The fraction of sp³-hybridized carbons (Fsp3) is 0.480. The third kappa shape index (κ3) is 6.15. The largest absolute Gasteiger partial charge is 0.340 e. The summed E-state index contributed by atoms with van der Waals surface area (Å²) in [6.07, 6.45) is 7.89. The Kier molecular flexibility index (Phi) is 7.81. The van der Waals surface area contributed by atoms with Gasteiger partial charge in [-0.3, -0.25) is 9.59 Å². The fourth-order valence-corrected chi connectivity index (χ4v) is 4.23. The Hall–Kier alpha value is -2.67. The van der Waals surface area contributed by atoms with E-state index in [-0.39, 0.29) is 17.7 Å². The monoisotopic (exact) mass is 390 g/mol. The van der Waals surface area contributed by atoms with Crippen LogP contribution in [0.15, 0.2) is 42.5 Å². The third-order valence-corrected chi connectivity index (χ3v) is 5.86. The second-order valence-electron chi connectivity index (χ2n) is 8.04. The van der Waals surface area contributed by atoms with Gasteiger partial charge < -0.3 is 4.90 Å². The zero-order chi connectivity index (χ0) is 20.5. The first-order chi connectivity index (χ1) is 14.2. The minimum atomic E-state index is 0.210. The lowest BCUT2D eigenvalue weighted by molar-refractivity contribution is -0.129. The number of nitriles is 1. The van der Waals surface area contributed by atoms with E-state index in [2.05, 4.69) is 30.3 Å². The normalized spacial score (nSPS) is 16.3. The van der Waals surface area contributed by atoms with Gasteiger partial charge in [0.25, 0.3) is 0 Å². The van der Waals surface area contributed by atoms with Crippen molar-refractivity contribution in [3.05, 3.63) is 48.0 Å². The molecule has 0 bridgehead atoms. The average Bonchev–Trinajstić information content (AvgIpc) is 3.08. The first-order valence-corrected chi connectivity index (χ1v) is 10.8. The van der Waals surface area contributed by atoms with Crippen LogP contribution in [0.4, 0.5) is 0 Å². The maximum atomic E-state index is 12.5. The number of benzene rings is 2. The van der Waals surface area contributed by atoms with Gasteiger partial charge in [-0.15, -0.1) is 0 Å². The van der Waals surface area contributed by atoms with E-state index in [0.29, 0.717) is 25.7 Å². The highest BCUT2D eigenvalue weighted by Crippen LogP contribution is 2.24. The molecule has 1 heterocycles. The van der Waals surface area contributed by atoms with Crippen LogP contribution in [0.1, 0.15) is 63.4 Å². The molecule has 2 aromatic carbocycles. The molecule has 1 amide bonds. The number of hydrogen-bond acceptors (Lipinski definition) is 3. The molecule has 1 atom stereocenters. The number of unbranched alkanes of at least 4 members (excludes halogenated alkanes) is 4. The molecule has 1 aliphatic rings. The summed E-state index contributed by atoms with van der Waals surface area (Å²) in [6.45, 7) is 0.787. The molecule has 0 N–H and O–H groups in total. The average molecular weight is 391 g/mol. The third-order valence-electron chi connectivity index (χ3n) is 5.86. The predicted octanol–water partition coefficient (Wildman–Crippen LogP) is 5.20. The van der Waals surface area contributed by atoms with Crippen LogP contribution in [0.25, 0.3) is 10.8 Å². The smallest absolute Gasteiger partial charge is 0.222 e. The van der Waals surface area contributed by atoms with Crippen molar-refractivity contribution < 1.29 is 9.59 Å². The summed E-state index contributed by atoms with van der Waals surface area (Å²) in [5, 5.41) is 10.9. The summed E-state index contributed by atoms with van der Waals surface area (Å²) in [7, 11) is 0. The van der Waals surface area contributed by atoms with E-state index < -0.39 is 0 Å². The fourth-order valence-electron chi connectivity index (χ4n) is 4.23. The highest BCUT2D eigenvalue weighted by atomic mass is 16.2. The highest BCUT2D eigenvalue weighted by Gasteiger charge is 2.30. The Labute approximate surface area is 173 Å². The summed E-state index contributed by atoms with van der Waals surface area (Å²) in [6, 6.07) is 16.8. The maximum Gasteiger partial charge on any atom is 0.222 e. The molecule has 1 fully saturated rings. The van der Waals surface area contributed by atoms with Gasteiger partial charge in [-0.1, -0.05) is 55.3 Å². The predicted molar refractivity (Wildman–Crippen MR) is 115 cm³/mol. The zero-order valence-electron chi connectivity index (χ0n) is 17.1. The summed E-state index contributed by atoms with van der Waals surface area (Å²) in [5.74, 6) is 0.477. The molecule has 1 aliphatic heterocycles. The number of carbonyl (C=O) groups is 2. The SMILES string of the molecule is N#CCCCCCCN1C(=O)CC[C@@H]1CCC(=O)Cc1ccc2ccccc2c1. The topological polar surface area (TPSA) is 61.2 Å². The summed E-state index contributed by atoms with van der Waals surface area (Å²) in [5.41, 5.74) is 1.06. The van der Waals surface area contributed by atoms with Crippen LogP contribution in [0.3, 0.4) is 0 Å². The van der Waals surface area contributed by atoms with Crippen molar-refractivity contribution >= 4 is 22.5 Å². The molecule has 29 heavy (non-hydrogen) atoms.